The first-order valence-electron chi connectivity index (χ1n) is 6.07. The first-order valence-corrected chi connectivity index (χ1v) is 6.07. The number of aromatic carboxylic acids is 1. The molecule has 2 rings (SSSR count). The third kappa shape index (κ3) is 2.52. The molecular weight excluding hydrogens is 242 g/mol. The number of imidazole rings is 1. The number of hydrogen-bond acceptors (Lipinski definition) is 3. The van der Waals surface area contributed by atoms with Crippen molar-refractivity contribution < 1.29 is 9.90 Å². The van der Waals surface area contributed by atoms with E-state index in [-0.39, 0.29) is 11.7 Å². The number of carboxylic acid groups (broad SMARTS) is 1. The van der Waals surface area contributed by atoms with Gasteiger partial charge in [-0.05, 0) is 18.6 Å². The van der Waals surface area contributed by atoms with Gasteiger partial charge in [0.25, 0.3) is 0 Å². The number of aromatic nitrogens is 2. The van der Waals surface area contributed by atoms with Crippen LogP contribution < -0.4 is 5.32 Å². The van der Waals surface area contributed by atoms with Crippen LogP contribution in [0.2, 0.25) is 0 Å². The van der Waals surface area contributed by atoms with Crippen LogP contribution in [0.15, 0.2) is 24.4 Å². The van der Waals surface area contributed by atoms with Gasteiger partial charge in [0.2, 0.25) is 0 Å². The fourth-order valence-corrected chi connectivity index (χ4v) is 1.93. The van der Waals surface area contributed by atoms with Gasteiger partial charge < -0.3 is 10.4 Å². The molecule has 0 saturated carbocycles. The van der Waals surface area contributed by atoms with Crippen LogP contribution in [-0.4, -0.2) is 26.5 Å². The van der Waals surface area contributed by atoms with E-state index in [1.54, 1.807) is 22.7 Å². The predicted molar refractivity (Wildman–Crippen MR) is 73.3 cm³/mol. The van der Waals surface area contributed by atoms with Crippen molar-refractivity contribution in [3.05, 3.63) is 30.1 Å². The monoisotopic (exact) mass is 257 g/mol. The van der Waals surface area contributed by atoms with Crippen LogP contribution in [0, 0.1) is 12.3 Å². The Hall–Kier alpha value is -2.48. The molecule has 0 aliphatic heterocycles. The molecule has 98 valence electrons. The molecule has 0 aliphatic carbocycles. The Morgan fingerprint density at radius 2 is 2.42 bits per heavy atom. The van der Waals surface area contributed by atoms with Gasteiger partial charge in [0.05, 0.1) is 0 Å². The van der Waals surface area contributed by atoms with Crippen molar-refractivity contribution in [1.82, 2.24) is 9.38 Å². The summed E-state index contributed by atoms with van der Waals surface area (Å²) in [6.45, 7) is 1.99. The summed E-state index contributed by atoms with van der Waals surface area (Å²) >= 11 is 0. The van der Waals surface area contributed by atoms with Crippen LogP contribution in [0.3, 0.4) is 0 Å². The van der Waals surface area contributed by atoms with Gasteiger partial charge in [-0.15, -0.1) is 12.3 Å². The first-order chi connectivity index (χ1) is 9.17. The third-order valence-corrected chi connectivity index (χ3v) is 2.93. The van der Waals surface area contributed by atoms with Gasteiger partial charge in [-0.1, -0.05) is 13.0 Å². The molecular formula is C14H15N3O2. The Labute approximate surface area is 111 Å². The molecule has 19 heavy (non-hydrogen) atoms. The molecule has 5 heteroatoms. The summed E-state index contributed by atoms with van der Waals surface area (Å²) in [4.78, 5) is 15.7. The van der Waals surface area contributed by atoms with Gasteiger partial charge in [0, 0.05) is 18.7 Å². The molecule has 1 atom stereocenters. The van der Waals surface area contributed by atoms with Crippen molar-refractivity contribution in [3.63, 3.8) is 0 Å². The lowest BCUT2D eigenvalue weighted by atomic mass is 10.1. The normalized spacial score (nSPS) is 12.0. The van der Waals surface area contributed by atoms with Gasteiger partial charge in [-0.3, -0.25) is 4.40 Å². The molecule has 1 unspecified atom stereocenters. The Balaban J connectivity index is 2.45. The fraction of sp³-hybridized carbons (Fsp3) is 0.286. The zero-order chi connectivity index (χ0) is 13.8. The molecule has 0 fully saturated rings. The minimum atomic E-state index is -1.02. The lowest BCUT2D eigenvalue weighted by Gasteiger charge is -2.13. The molecule has 0 bridgehead atoms. The van der Waals surface area contributed by atoms with E-state index in [4.69, 9.17) is 6.42 Å². The molecule has 0 saturated heterocycles. The molecule has 2 aromatic rings. The Kier molecular flexibility index (Phi) is 3.71. The number of nitrogens with zero attached hydrogens (tertiary/aromatic N) is 2. The number of carboxylic acids is 1. The first kappa shape index (κ1) is 13.0. The van der Waals surface area contributed by atoms with E-state index in [1.807, 2.05) is 13.0 Å². The molecule has 0 radical (unpaired) electrons. The summed E-state index contributed by atoms with van der Waals surface area (Å²) in [5, 5.41) is 12.4. The van der Waals surface area contributed by atoms with E-state index in [9.17, 15) is 9.90 Å². The molecule has 2 N–H and O–H groups in total. The van der Waals surface area contributed by atoms with Gasteiger partial charge in [-0.2, -0.15) is 0 Å². The summed E-state index contributed by atoms with van der Waals surface area (Å²) in [6.07, 6.45) is 8.31. The number of hydrogen-bond donors (Lipinski definition) is 2. The summed E-state index contributed by atoms with van der Waals surface area (Å²) in [5.41, 5.74) is 0.726. The number of carbonyl (C=O) groups is 1. The molecule has 0 amide bonds. The fourth-order valence-electron chi connectivity index (χ4n) is 1.93. The number of terminal acetylenes is 1. The summed E-state index contributed by atoms with van der Waals surface area (Å²) in [6, 6.07) is 5.37. The second kappa shape index (κ2) is 5.44. The number of rotatable bonds is 5. The Bertz CT molecular complexity index is 640. The van der Waals surface area contributed by atoms with Gasteiger partial charge in [-0.25, -0.2) is 9.78 Å². The summed E-state index contributed by atoms with van der Waals surface area (Å²) in [7, 11) is 0. The SMILES string of the molecule is C#CCC(CC)Nc1nc2ccccn2c1C(=O)O. The summed E-state index contributed by atoms with van der Waals surface area (Å²) in [5.74, 6) is 1.92. The average molecular weight is 257 g/mol. The van der Waals surface area contributed by atoms with Gasteiger partial charge >= 0.3 is 5.97 Å². The lowest BCUT2D eigenvalue weighted by Crippen LogP contribution is -2.19. The Morgan fingerprint density at radius 1 is 1.63 bits per heavy atom. The Morgan fingerprint density at radius 3 is 3.05 bits per heavy atom. The topological polar surface area (TPSA) is 66.6 Å². The average Bonchev–Trinajstić information content (AvgIpc) is 2.76. The zero-order valence-corrected chi connectivity index (χ0v) is 10.6. The molecule has 0 spiro atoms. The van der Waals surface area contributed by atoms with Gasteiger partial charge in [0.1, 0.15) is 5.65 Å². The van der Waals surface area contributed by atoms with E-state index in [2.05, 4.69) is 16.2 Å². The van der Waals surface area contributed by atoms with Crippen LogP contribution in [0.4, 0.5) is 5.82 Å². The number of anilines is 1. The molecule has 0 aliphatic rings. The molecule has 0 aromatic carbocycles. The highest BCUT2D eigenvalue weighted by Crippen LogP contribution is 2.19. The minimum Gasteiger partial charge on any atom is -0.476 e. The molecule has 5 nitrogen and oxygen atoms in total. The second-order valence-electron chi connectivity index (χ2n) is 4.20. The second-order valence-corrected chi connectivity index (χ2v) is 4.20. The smallest absolute Gasteiger partial charge is 0.356 e. The highest BCUT2D eigenvalue weighted by atomic mass is 16.4. The minimum absolute atomic E-state index is 0.0213. The molecule has 2 heterocycles. The van der Waals surface area contributed by atoms with Crippen LogP contribution in [0.1, 0.15) is 30.3 Å². The van der Waals surface area contributed by atoms with Crippen molar-refractivity contribution in [2.24, 2.45) is 0 Å². The third-order valence-electron chi connectivity index (χ3n) is 2.93. The van der Waals surface area contributed by atoms with Crippen molar-refractivity contribution in [2.45, 2.75) is 25.8 Å². The maximum Gasteiger partial charge on any atom is 0.356 e. The largest absolute Gasteiger partial charge is 0.476 e. The maximum atomic E-state index is 11.4. The van der Waals surface area contributed by atoms with E-state index in [0.29, 0.717) is 17.9 Å². The van der Waals surface area contributed by atoms with Crippen LogP contribution in [-0.2, 0) is 0 Å². The highest BCUT2D eigenvalue weighted by Gasteiger charge is 2.19. The van der Waals surface area contributed by atoms with E-state index in [0.717, 1.165) is 6.42 Å². The van der Waals surface area contributed by atoms with E-state index < -0.39 is 5.97 Å². The van der Waals surface area contributed by atoms with Gasteiger partial charge in [0.15, 0.2) is 11.5 Å². The van der Waals surface area contributed by atoms with Crippen molar-refractivity contribution >= 4 is 17.4 Å². The molecule has 2 aromatic heterocycles. The summed E-state index contributed by atoms with van der Waals surface area (Å²) < 4.78 is 1.55. The van der Waals surface area contributed by atoms with E-state index >= 15 is 0 Å². The number of nitrogens with one attached hydrogen (secondary N) is 1. The van der Waals surface area contributed by atoms with Crippen molar-refractivity contribution in [2.75, 3.05) is 5.32 Å². The number of pyridine rings is 1. The van der Waals surface area contributed by atoms with Crippen LogP contribution in [0.5, 0.6) is 0 Å². The van der Waals surface area contributed by atoms with E-state index in [1.165, 1.54) is 0 Å². The van der Waals surface area contributed by atoms with Crippen LogP contribution >= 0.6 is 0 Å². The lowest BCUT2D eigenvalue weighted by molar-refractivity contribution is 0.0690. The highest BCUT2D eigenvalue weighted by molar-refractivity contribution is 5.93. The number of fused-ring (bicyclic) bond motifs is 1. The standard InChI is InChI=1S/C14H15N3O2/c1-3-7-10(4-2)15-13-12(14(18)19)17-9-6-5-8-11(17)16-13/h1,5-6,8-10,15H,4,7H2,2H3,(H,18,19). The van der Waals surface area contributed by atoms with Crippen molar-refractivity contribution in [1.29, 1.82) is 0 Å². The predicted octanol–water partition coefficient (Wildman–Crippen LogP) is 2.25. The maximum absolute atomic E-state index is 11.4. The van der Waals surface area contributed by atoms with Crippen molar-refractivity contribution in [3.8, 4) is 12.3 Å². The van der Waals surface area contributed by atoms with Crippen LogP contribution in [0.25, 0.3) is 5.65 Å². The quantitative estimate of drug-likeness (QED) is 0.806. The zero-order valence-electron chi connectivity index (χ0n) is 10.6.